The van der Waals surface area contributed by atoms with Crippen LogP contribution < -0.4 is 0 Å². The second-order valence-electron chi connectivity index (χ2n) is 5.67. The summed E-state index contributed by atoms with van der Waals surface area (Å²) in [5.74, 6) is 0. The van der Waals surface area contributed by atoms with Crippen LogP contribution in [0.4, 0.5) is 0 Å². The summed E-state index contributed by atoms with van der Waals surface area (Å²) in [5, 5.41) is 1.59. The highest BCUT2D eigenvalue weighted by Gasteiger charge is 2.08. The third-order valence-corrected chi connectivity index (χ3v) is 5.19. The first-order valence-corrected chi connectivity index (χ1v) is 9.41. The van der Waals surface area contributed by atoms with Gasteiger partial charge >= 0.3 is 0 Å². The van der Waals surface area contributed by atoms with E-state index < -0.39 is 0 Å². The van der Waals surface area contributed by atoms with Gasteiger partial charge in [-0.3, -0.25) is 0 Å². The minimum Gasteiger partial charge on any atom is -0.244 e. The standard InChI is InChI=1S/C22H15ClN2S/c23-18-11-5-4-8-16(18)14-15-21-22(26-17-9-2-1-3-10-17)25-20-13-7-6-12-19(20)24-21/h1-15H. The number of benzene rings is 3. The smallest absolute Gasteiger partial charge is 0.127 e. The maximum Gasteiger partial charge on any atom is 0.127 e. The van der Waals surface area contributed by atoms with Gasteiger partial charge in [-0.1, -0.05) is 78.0 Å². The van der Waals surface area contributed by atoms with E-state index in [0.29, 0.717) is 0 Å². The zero-order chi connectivity index (χ0) is 17.8. The number of para-hydroxylation sites is 2. The molecule has 4 rings (SSSR count). The van der Waals surface area contributed by atoms with Crippen molar-refractivity contribution in [1.82, 2.24) is 9.97 Å². The van der Waals surface area contributed by atoms with Crippen LogP contribution in [0.1, 0.15) is 11.3 Å². The molecule has 2 nitrogen and oxygen atoms in total. The Kier molecular flexibility index (Phi) is 5.00. The van der Waals surface area contributed by atoms with Gasteiger partial charge in [0.25, 0.3) is 0 Å². The molecule has 126 valence electrons. The van der Waals surface area contributed by atoms with Crippen LogP contribution in [0.5, 0.6) is 0 Å². The predicted octanol–water partition coefficient (Wildman–Crippen LogP) is 6.60. The van der Waals surface area contributed by atoms with Crippen LogP contribution in [-0.2, 0) is 0 Å². The van der Waals surface area contributed by atoms with Crippen molar-refractivity contribution in [2.24, 2.45) is 0 Å². The molecule has 4 heteroatoms. The van der Waals surface area contributed by atoms with Crippen molar-refractivity contribution in [2.75, 3.05) is 0 Å². The Morgan fingerprint density at radius 1 is 0.692 bits per heavy atom. The molecule has 1 aromatic heterocycles. The molecule has 3 aromatic carbocycles. The SMILES string of the molecule is Clc1ccccc1C=Cc1nc2ccccc2nc1Sc1ccccc1. The van der Waals surface area contributed by atoms with Gasteiger partial charge in [-0.05, 0) is 42.0 Å². The Balaban J connectivity index is 1.78. The van der Waals surface area contributed by atoms with Gasteiger partial charge in [0.2, 0.25) is 0 Å². The van der Waals surface area contributed by atoms with Crippen LogP contribution in [0.3, 0.4) is 0 Å². The summed E-state index contributed by atoms with van der Waals surface area (Å²) < 4.78 is 0. The molecule has 0 unspecified atom stereocenters. The predicted molar refractivity (Wildman–Crippen MR) is 110 cm³/mol. The molecular formula is C22H15ClN2S. The monoisotopic (exact) mass is 374 g/mol. The normalized spacial score (nSPS) is 11.3. The quantitative estimate of drug-likeness (QED) is 0.402. The molecule has 0 atom stereocenters. The Morgan fingerprint density at radius 2 is 1.35 bits per heavy atom. The lowest BCUT2D eigenvalue weighted by Gasteiger charge is -2.07. The molecular weight excluding hydrogens is 360 g/mol. The van der Waals surface area contributed by atoms with E-state index in [1.54, 1.807) is 11.8 Å². The molecule has 0 spiro atoms. The second kappa shape index (κ2) is 7.73. The van der Waals surface area contributed by atoms with E-state index in [0.717, 1.165) is 37.2 Å². The average Bonchev–Trinajstić information content (AvgIpc) is 2.68. The van der Waals surface area contributed by atoms with Crippen molar-refractivity contribution in [3.8, 4) is 0 Å². The summed E-state index contributed by atoms with van der Waals surface area (Å²) >= 11 is 7.87. The zero-order valence-electron chi connectivity index (χ0n) is 13.8. The first-order valence-electron chi connectivity index (χ1n) is 8.22. The van der Waals surface area contributed by atoms with E-state index in [1.807, 2.05) is 78.9 Å². The molecule has 0 amide bonds. The van der Waals surface area contributed by atoms with Gasteiger partial charge in [-0.15, -0.1) is 0 Å². The number of hydrogen-bond acceptors (Lipinski definition) is 3. The largest absolute Gasteiger partial charge is 0.244 e. The zero-order valence-corrected chi connectivity index (χ0v) is 15.4. The van der Waals surface area contributed by atoms with Crippen LogP contribution in [0.25, 0.3) is 23.2 Å². The van der Waals surface area contributed by atoms with Gasteiger partial charge in [0.05, 0.1) is 16.7 Å². The fraction of sp³-hybridized carbons (Fsp3) is 0. The first-order chi connectivity index (χ1) is 12.8. The lowest BCUT2D eigenvalue weighted by Crippen LogP contribution is -1.93. The fourth-order valence-corrected chi connectivity index (χ4v) is 3.64. The van der Waals surface area contributed by atoms with Crippen molar-refractivity contribution < 1.29 is 0 Å². The van der Waals surface area contributed by atoms with Crippen LogP contribution in [0, 0.1) is 0 Å². The third-order valence-electron chi connectivity index (χ3n) is 3.85. The lowest BCUT2D eigenvalue weighted by molar-refractivity contribution is 1.10. The summed E-state index contributed by atoms with van der Waals surface area (Å²) in [4.78, 5) is 10.8. The maximum absolute atomic E-state index is 6.26. The van der Waals surface area contributed by atoms with E-state index in [-0.39, 0.29) is 0 Å². The summed E-state index contributed by atoms with van der Waals surface area (Å²) in [6.45, 7) is 0. The van der Waals surface area contributed by atoms with Crippen LogP contribution in [-0.4, -0.2) is 9.97 Å². The molecule has 0 saturated heterocycles. The van der Waals surface area contributed by atoms with Crippen LogP contribution in [0.15, 0.2) is 88.8 Å². The molecule has 0 radical (unpaired) electrons. The maximum atomic E-state index is 6.26. The molecule has 0 saturated carbocycles. The summed E-state index contributed by atoms with van der Waals surface area (Å²) in [7, 11) is 0. The minimum atomic E-state index is 0.717. The van der Waals surface area contributed by atoms with Gasteiger partial charge in [-0.2, -0.15) is 0 Å². The Labute approximate surface area is 161 Å². The van der Waals surface area contributed by atoms with E-state index in [1.165, 1.54) is 0 Å². The van der Waals surface area contributed by atoms with Crippen molar-refractivity contribution in [1.29, 1.82) is 0 Å². The fourth-order valence-electron chi connectivity index (χ4n) is 2.56. The van der Waals surface area contributed by atoms with Crippen LogP contribution >= 0.6 is 23.4 Å². The molecule has 0 aliphatic carbocycles. The first kappa shape index (κ1) is 16.8. The summed E-state index contributed by atoms with van der Waals surface area (Å²) in [5.41, 5.74) is 3.56. The molecule has 0 N–H and O–H groups in total. The molecule has 0 aliphatic heterocycles. The summed E-state index contributed by atoms with van der Waals surface area (Å²) in [6.07, 6.45) is 3.96. The topological polar surface area (TPSA) is 25.8 Å². The molecule has 4 aromatic rings. The molecule has 0 aliphatic rings. The second-order valence-corrected chi connectivity index (χ2v) is 7.14. The molecule has 0 fully saturated rings. The number of halogens is 1. The average molecular weight is 375 g/mol. The minimum absolute atomic E-state index is 0.717. The van der Waals surface area contributed by atoms with Gasteiger partial charge in [0.1, 0.15) is 5.03 Å². The Morgan fingerprint density at radius 3 is 2.12 bits per heavy atom. The van der Waals surface area contributed by atoms with Gasteiger partial charge in [-0.25, -0.2) is 9.97 Å². The number of nitrogens with zero attached hydrogens (tertiary/aromatic N) is 2. The highest BCUT2D eigenvalue weighted by atomic mass is 35.5. The van der Waals surface area contributed by atoms with Crippen molar-refractivity contribution in [3.05, 3.63) is 95.1 Å². The molecule has 0 bridgehead atoms. The van der Waals surface area contributed by atoms with Crippen molar-refractivity contribution in [3.63, 3.8) is 0 Å². The van der Waals surface area contributed by atoms with E-state index >= 15 is 0 Å². The highest BCUT2D eigenvalue weighted by Crippen LogP contribution is 2.30. The van der Waals surface area contributed by atoms with Gasteiger partial charge in [0.15, 0.2) is 0 Å². The number of fused-ring (bicyclic) bond motifs is 1. The molecule has 26 heavy (non-hydrogen) atoms. The third kappa shape index (κ3) is 3.79. The van der Waals surface area contributed by atoms with E-state index in [4.69, 9.17) is 21.6 Å². The van der Waals surface area contributed by atoms with E-state index in [9.17, 15) is 0 Å². The molecule has 1 heterocycles. The van der Waals surface area contributed by atoms with Crippen molar-refractivity contribution in [2.45, 2.75) is 9.92 Å². The van der Waals surface area contributed by atoms with Crippen molar-refractivity contribution >= 4 is 46.5 Å². The van der Waals surface area contributed by atoms with Gasteiger partial charge in [0, 0.05) is 9.92 Å². The summed E-state index contributed by atoms with van der Waals surface area (Å²) in [6, 6.07) is 25.9. The highest BCUT2D eigenvalue weighted by molar-refractivity contribution is 7.99. The number of aromatic nitrogens is 2. The Bertz CT molecular complexity index is 1080. The number of hydrogen-bond donors (Lipinski definition) is 0. The van der Waals surface area contributed by atoms with Gasteiger partial charge < -0.3 is 0 Å². The Hall–Kier alpha value is -2.62. The van der Waals surface area contributed by atoms with Crippen LogP contribution in [0.2, 0.25) is 5.02 Å². The lowest BCUT2D eigenvalue weighted by atomic mass is 10.2. The number of rotatable bonds is 4. The van der Waals surface area contributed by atoms with E-state index in [2.05, 4.69) is 12.1 Å².